The standard InChI is InChI=1S/C21H18N2O6/c1-13-19(21(25)29-3)18(11-14-6-4-8-16(10-14)23(26)27)20(24)22(13)15-7-5-9-17(12-15)28-2/h4-12H,1-3H3/b18-11-. The SMILES string of the molecule is COC(=O)C1=C(C)N(c2cccc(OC)c2)C(=O)/C1=C\c1cccc([N+](=O)[O-])c1. The normalized spacial score (nSPS) is 15.1. The average Bonchev–Trinajstić information content (AvgIpc) is 2.97. The van der Waals surface area contributed by atoms with Crippen LogP contribution in [0.15, 0.2) is 65.4 Å². The Balaban J connectivity index is 2.14. The predicted octanol–water partition coefficient (Wildman–Crippen LogP) is 3.48. The number of benzene rings is 2. The van der Waals surface area contributed by atoms with Gasteiger partial charge < -0.3 is 9.47 Å². The summed E-state index contributed by atoms with van der Waals surface area (Å²) in [5.74, 6) is -0.556. The van der Waals surface area contributed by atoms with Crippen molar-refractivity contribution in [3.63, 3.8) is 0 Å². The van der Waals surface area contributed by atoms with Crippen molar-refractivity contribution >= 4 is 29.3 Å². The van der Waals surface area contributed by atoms with Crippen molar-refractivity contribution in [1.29, 1.82) is 0 Å². The molecule has 0 radical (unpaired) electrons. The lowest BCUT2D eigenvalue weighted by atomic mass is 10.0. The third kappa shape index (κ3) is 3.73. The van der Waals surface area contributed by atoms with Gasteiger partial charge in [0.2, 0.25) is 0 Å². The van der Waals surface area contributed by atoms with Crippen LogP contribution in [0.2, 0.25) is 0 Å². The third-order valence-electron chi connectivity index (χ3n) is 4.49. The summed E-state index contributed by atoms with van der Waals surface area (Å²) in [6, 6.07) is 12.7. The van der Waals surface area contributed by atoms with Gasteiger partial charge in [0, 0.05) is 23.9 Å². The number of nitro groups is 1. The Hall–Kier alpha value is -3.94. The molecule has 0 atom stereocenters. The van der Waals surface area contributed by atoms with Crippen molar-refractivity contribution in [2.45, 2.75) is 6.92 Å². The van der Waals surface area contributed by atoms with Crippen LogP contribution in [-0.4, -0.2) is 31.0 Å². The number of esters is 1. The van der Waals surface area contributed by atoms with Gasteiger partial charge in [0.15, 0.2) is 0 Å². The summed E-state index contributed by atoms with van der Waals surface area (Å²) in [4.78, 5) is 37.5. The minimum absolute atomic E-state index is 0.0951. The van der Waals surface area contributed by atoms with Gasteiger partial charge in [0.05, 0.1) is 36.0 Å². The van der Waals surface area contributed by atoms with E-state index in [1.54, 1.807) is 37.3 Å². The van der Waals surface area contributed by atoms with Crippen LogP contribution in [0, 0.1) is 10.1 Å². The van der Waals surface area contributed by atoms with Crippen molar-refractivity contribution in [2.24, 2.45) is 0 Å². The van der Waals surface area contributed by atoms with E-state index < -0.39 is 16.8 Å². The third-order valence-corrected chi connectivity index (χ3v) is 4.49. The van der Waals surface area contributed by atoms with Crippen LogP contribution in [0.4, 0.5) is 11.4 Å². The Bertz CT molecular complexity index is 1070. The maximum Gasteiger partial charge on any atom is 0.340 e. The Morgan fingerprint density at radius 1 is 1.14 bits per heavy atom. The van der Waals surface area contributed by atoms with Crippen LogP contribution < -0.4 is 9.64 Å². The molecule has 0 fully saturated rings. The zero-order valence-electron chi connectivity index (χ0n) is 16.0. The average molecular weight is 394 g/mol. The number of nitrogens with zero attached hydrogens (tertiary/aromatic N) is 2. The highest BCUT2D eigenvalue weighted by molar-refractivity contribution is 6.23. The first-order valence-electron chi connectivity index (χ1n) is 8.61. The molecule has 0 unspecified atom stereocenters. The van der Waals surface area contributed by atoms with Gasteiger partial charge in [-0.3, -0.25) is 19.8 Å². The van der Waals surface area contributed by atoms with Gasteiger partial charge in [-0.15, -0.1) is 0 Å². The van der Waals surface area contributed by atoms with E-state index >= 15 is 0 Å². The van der Waals surface area contributed by atoms with Gasteiger partial charge in [-0.25, -0.2) is 4.79 Å². The van der Waals surface area contributed by atoms with Crippen LogP contribution >= 0.6 is 0 Å². The van der Waals surface area contributed by atoms with Gasteiger partial charge in [-0.05, 0) is 30.7 Å². The largest absolute Gasteiger partial charge is 0.497 e. The molecule has 0 aliphatic carbocycles. The summed E-state index contributed by atoms with van der Waals surface area (Å²) < 4.78 is 10.1. The highest BCUT2D eigenvalue weighted by atomic mass is 16.6. The van der Waals surface area contributed by atoms with Crippen LogP contribution in [0.5, 0.6) is 5.75 Å². The topological polar surface area (TPSA) is 99.0 Å². The number of anilines is 1. The minimum atomic E-state index is -0.669. The first-order valence-corrected chi connectivity index (χ1v) is 8.61. The molecule has 2 aromatic carbocycles. The van der Waals surface area contributed by atoms with Gasteiger partial charge >= 0.3 is 5.97 Å². The van der Waals surface area contributed by atoms with Crippen molar-refractivity contribution in [2.75, 3.05) is 19.1 Å². The molecular weight excluding hydrogens is 376 g/mol. The van der Waals surface area contributed by atoms with Gasteiger partial charge in [-0.1, -0.05) is 18.2 Å². The fourth-order valence-electron chi connectivity index (χ4n) is 3.14. The fraction of sp³-hybridized carbons (Fsp3) is 0.143. The molecular formula is C21H18N2O6. The molecule has 0 N–H and O–H groups in total. The molecule has 0 bridgehead atoms. The van der Waals surface area contributed by atoms with Gasteiger partial charge in [0.25, 0.3) is 11.6 Å². The number of rotatable bonds is 5. The summed E-state index contributed by atoms with van der Waals surface area (Å²) in [5, 5.41) is 11.0. The maximum absolute atomic E-state index is 13.2. The second-order valence-electron chi connectivity index (χ2n) is 6.20. The van der Waals surface area contributed by atoms with E-state index in [9.17, 15) is 19.7 Å². The van der Waals surface area contributed by atoms with Crippen LogP contribution in [0.1, 0.15) is 12.5 Å². The number of allylic oxidation sites excluding steroid dienone is 1. The number of carbonyl (C=O) groups excluding carboxylic acids is 2. The molecule has 3 rings (SSSR count). The lowest BCUT2D eigenvalue weighted by Gasteiger charge is -2.18. The molecule has 8 heteroatoms. The second kappa shape index (κ2) is 7.97. The molecule has 148 valence electrons. The van der Waals surface area contributed by atoms with Crippen molar-refractivity contribution < 1.29 is 24.0 Å². The number of nitro benzene ring substituents is 1. The molecule has 1 heterocycles. The lowest BCUT2D eigenvalue weighted by Crippen LogP contribution is -2.24. The van der Waals surface area contributed by atoms with E-state index in [0.29, 0.717) is 22.7 Å². The molecule has 0 spiro atoms. The van der Waals surface area contributed by atoms with E-state index in [-0.39, 0.29) is 16.8 Å². The first kappa shape index (κ1) is 19.8. The Kier molecular flexibility index (Phi) is 5.45. The molecule has 29 heavy (non-hydrogen) atoms. The van der Waals surface area contributed by atoms with Crippen LogP contribution in [-0.2, 0) is 14.3 Å². The Morgan fingerprint density at radius 3 is 2.52 bits per heavy atom. The number of methoxy groups -OCH3 is 2. The summed E-state index contributed by atoms with van der Waals surface area (Å²) in [7, 11) is 2.74. The van der Waals surface area contributed by atoms with E-state index in [1.807, 2.05) is 0 Å². The molecule has 1 amide bonds. The Labute approximate surface area is 166 Å². The Morgan fingerprint density at radius 2 is 1.86 bits per heavy atom. The number of carbonyl (C=O) groups is 2. The van der Waals surface area contributed by atoms with Crippen molar-refractivity contribution in [1.82, 2.24) is 0 Å². The summed E-state index contributed by atoms with van der Waals surface area (Å²) in [5.41, 5.74) is 1.42. The van der Waals surface area contributed by atoms with Gasteiger partial charge in [0.1, 0.15) is 5.75 Å². The molecule has 0 saturated heterocycles. The summed E-state index contributed by atoms with van der Waals surface area (Å²) in [6.07, 6.45) is 1.45. The number of hydrogen-bond acceptors (Lipinski definition) is 6. The van der Waals surface area contributed by atoms with Crippen molar-refractivity contribution in [3.05, 3.63) is 81.1 Å². The highest BCUT2D eigenvalue weighted by Gasteiger charge is 2.38. The molecule has 8 nitrogen and oxygen atoms in total. The molecule has 0 aromatic heterocycles. The number of ether oxygens (including phenoxy) is 2. The monoisotopic (exact) mass is 394 g/mol. The smallest absolute Gasteiger partial charge is 0.340 e. The molecule has 2 aromatic rings. The molecule has 0 saturated carbocycles. The van der Waals surface area contributed by atoms with E-state index in [1.165, 1.54) is 43.4 Å². The minimum Gasteiger partial charge on any atom is -0.497 e. The quantitative estimate of drug-likeness (QED) is 0.333. The zero-order valence-corrected chi connectivity index (χ0v) is 16.0. The van der Waals surface area contributed by atoms with Gasteiger partial charge in [-0.2, -0.15) is 0 Å². The van der Waals surface area contributed by atoms with E-state index in [4.69, 9.17) is 9.47 Å². The highest BCUT2D eigenvalue weighted by Crippen LogP contribution is 2.36. The summed E-state index contributed by atoms with van der Waals surface area (Å²) >= 11 is 0. The molecule has 1 aliphatic heterocycles. The van der Waals surface area contributed by atoms with E-state index in [2.05, 4.69) is 0 Å². The zero-order chi connectivity index (χ0) is 21.1. The first-order chi connectivity index (χ1) is 13.9. The number of non-ortho nitro benzene ring substituents is 1. The van der Waals surface area contributed by atoms with Crippen molar-refractivity contribution in [3.8, 4) is 5.75 Å². The number of hydrogen-bond donors (Lipinski definition) is 0. The van der Waals surface area contributed by atoms with E-state index in [0.717, 1.165) is 0 Å². The molecule has 1 aliphatic rings. The lowest BCUT2D eigenvalue weighted by molar-refractivity contribution is -0.384. The number of amides is 1. The maximum atomic E-state index is 13.2. The van der Waals surface area contributed by atoms with Crippen LogP contribution in [0.3, 0.4) is 0 Å². The predicted molar refractivity (Wildman–Crippen MR) is 106 cm³/mol. The fourth-order valence-corrected chi connectivity index (χ4v) is 3.14. The second-order valence-corrected chi connectivity index (χ2v) is 6.20. The summed E-state index contributed by atoms with van der Waals surface area (Å²) in [6.45, 7) is 1.64. The van der Waals surface area contributed by atoms with Crippen LogP contribution in [0.25, 0.3) is 6.08 Å².